The van der Waals surface area contributed by atoms with Crippen molar-refractivity contribution in [3.05, 3.63) is 52.8 Å². The number of ether oxygens (including phenoxy) is 1. The number of Topliss-reactive ketones (excluding diaryl/α,β-unsaturated/α-hetero) is 1. The highest BCUT2D eigenvalue weighted by Crippen LogP contribution is 2.17. The maximum atomic E-state index is 13.4. The Balaban J connectivity index is 3.10. The molecular weight excluding hydrogens is 238 g/mol. The molecule has 0 saturated carbocycles. The highest BCUT2D eigenvalue weighted by atomic mass is 19.1. The van der Waals surface area contributed by atoms with Crippen LogP contribution in [0.25, 0.3) is 6.08 Å². The zero-order chi connectivity index (χ0) is 13.7. The normalized spacial score (nSPS) is 12.5. The van der Waals surface area contributed by atoms with E-state index in [1.54, 1.807) is 6.92 Å². The zero-order valence-corrected chi connectivity index (χ0v) is 10.5. The van der Waals surface area contributed by atoms with E-state index in [9.17, 15) is 13.6 Å². The van der Waals surface area contributed by atoms with Crippen molar-refractivity contribution in [2.75, 3.05) is 7.11 Å². The largest absolute Gasteiger partial charge is 0.504 e. The van der Waals surface area contributed by atoms with Gasteiger partial charge in [0.1, 0.15) is 11.6 Å². The predicted molar refractivity (Wildman–Crippen MR) is 65.8 cm³/mol. The van der Waals surface area contributed by atoms with E-state index in [1.807, 2.05) is 0 Å². The lowest BCUT2D eigenvalue weighted by molar-refractivity contribution is -0.112. The van der Waals surface area contributed by atoms with E-state index < -0.39 is 11.6 Å². The molecule has 0 amide bonds. The number of methoxy groups -OCH3 is 1. The summed E-state index contributed by atoms with van der Waals surface area (Å²) in [5.41, 5.74) is 0.390. The highest BCUT2D eigenvalue weighted by molar-refractivity contribution is 6.09. The Kier molecular flexibility index (Phi) is 4.77. The summed E-state index contributed by atoms with van der Waals surface area (Å²) in [5, 5.41) is 0. The average molecular weight is 252 g/mol. The lowest BCUT2D eigenvalue weighted by atomic mass is 10.0. The van der Waals surface area contributed by atoms with Crippen molar-refractivity contribution in [2.45, 2.75) is 13.8 Å². The summed E-state index contributed by atoms with van der Waals surface area (Å²) in [6, 6.07) is 3.56. The number of hydrogen-bond acceptors (Lipinski definition) is 2. The van der Waals surface area contributed by atoms with E-state index >= 15 is 0 Å². The second-order valence-corrected chi connectivity index (χ2v) is 3.83. The summed E-state index contributed by atoms with van der Waals surface area (Å²) in [7, 11) is 1.42. The van der Waals surface area contributed by atoms with E-state index in [4.69, 9.17) is 4.74 Å². The maximum absolute atomic E-state index is 13.4. The van der Waals surface area contributed by atoms with Gasteiger partial charge in [-0.25, -0.2) is 8.78 Å². The van der Waals surface area contributed by atoms with Crippen molar-refractivity contribution in [3.63, 3.8) is 0 Å². The molecule has 0 saturated heterocycles. The van der Waals surface area contributed by atoms with Gasteiger partial charge in [-0.2, -0.15) is 0 Å². The second kappa shape index (κ2) is 6.10. The first kappa shape index (κ1) is 14.1. The van der Waals surface area contributed by atoms with Crippen molar-refractivity contribution < 1.29 is 18.3 Å². The van der Waals surface area contributed by atoms with Crippen LogP contribution < -0.4 is 0 Å². The molecule has 0 radical (unpaired) electrons. The fraction of sp³-hybridized carbons (Fsp3) is 0.214. The molecule has 1 aromatic rings. The molecule has 0 spiro atoms. The van der Waals surface area contributed by atoms with Crippen LogP contribution in [0.15, 0.2) is 35.6 Å². The molecule has 0 heterocycles. The smallest absolute Gasteiger partial charge is 0.187 e. The monoisotopic (exact) mass is 252 g/mol. The summed E-state index contributed by atoms with van der Waals surface area (Å²) < 4.78 is 31.5. The van der Waals surface area contributed by atoms with Crippen LogP contribution in [0.5, 0.6) is 0 Å². The van der Waals surface area contributed by atoms with E-state index in [-0.39, 0.29) is 16.9 Å². The molecule has 0 N–H and O–H groups in total. The van der Waals surface area contributed by atoms with Crippen LogP contribution in [-0.4, -0.2) is 12.9 Å². The van der Waals surface area contributed by atoms with E-state index in [0.29, 0.717) is 5.57 Å². The van der Waals surface area contributed by atoms with Gasteiger partial charge in [-0.15, -0.1) is 0 Å². The molecule has 0 unspecified atom stereocenters. The van der Waals surface area contributed by atoms with Crippen molar-refractivity contribution in [1.82, 2.24) is 0 Å². The first-order valence-corrected chi connectivity index (χ1v) is 5.34. The van der Waals surface area contributed by atoms with Crippen LogP contribution in [-0.2, 0) is 9.53 Å². The molecule has 0 bridgehead atoms. The maximum Gasteiger partial charge on any atom is 0.187 e. The van der Waals surface area contributed by atoms with E-state index in [0.717, 1.165) is 12.1 Å². The minimum atomic E-state index is -0.699. The molecule has 0 aliphatic carbocycles. The summed E-state index contributed by atoms with van der Waals surface area (Å²) >= 11 is 0. The van der Waals surface area contributed by atoms with Gasteiger partial charge in [0.25, 0.3) is 0 Å². The summed E-state index contributed by atoms with van der Waals surface area (Å²) in [4.78, 5) is 11.8. The Labute approximate surface area is 105 Å². The molecule has 4 heteroatoms. The van der Waals surface area contributed by atoms with Crippen molar-refractivity contribution in [2.24, 2.45) is 0 Å². The number of benzene rings is 1. The first-order chi connectivity index (χ1) is 8.47. The molecule has 0 aliphatic rings. The van der Waals surface area contributed by atoms with Gasteiger partial charge in [0.15, 0.2) is 5.78 Å². The minimum Gasteiger partial charge on any atom is -0.504 e. The van der Waals surface area contributed by atoms with Gasteiger partial charge in [0.05, 0.1) is 13.4 Å². The third-order valence-corrected chi connectivity index (χ3v) is 2.37. The van der Waals surface area contributed by atoms with Crippen LogP contribution in [0.3, 0.4) is 0 Å². The van der Waals surface area contributed by atoms with Crippen molar-refractivity contribution >= 4 is 11.9 Å². The Morgan fingerprint density at radius 1 is 1.17 bits per heavy atom. The number of hydrogen-bond donors (Lipinski definition) is 0. The van der Waals surface area contributed by atoms with Gasteiger partial charge >= 0.3 is 0 Å². The number of ketones is 1. The standard InChI is InChI=1S/C14H14F2O2/c1-9(14(17)10(2)8-18-3)7-11-12(15)5-4-6-13(11)16/h4-8H,1-3H3. The number of carbonyl (C=O) groups is 1. The van der Waals surface area contributed by atoms with E-state index in [1.165, 1.54) is 32.4 Å². The van der Waals surface area contributed by atoms with Crippen LogP contribution in [0, 0.1) is 11.6 Å². The quantitative estimate of drug-likeness (QED) is 0.605. The molecule has 2 nitrogen and oxygen atoms in total. The molecule has 0 aromatic heterocycles. The summed E-state index contributed by atoms with van der Waals surface area (Å²) in [6.07, 6.45) is 2.48. The molecule has 18 heavy (non-hydrogen) atoms. The molecule has 96 valence electrons. The van der Waals surface area contributed by atoms with Crippen LogP contribution in [0.2, 0.25) is 0 Å². The van der Waals surface area contributed by atoms with Gasteiger partial charge in [0, 0.05) is 11.1 Å². The van der Waals surface area contributed by atoms with Crippen LogP contribution in [0.1, 0.15) is 19.4 Å². The Bertz CT molecular complexity index is 496. The van der Waals surface area contributed by atoms with E-state index in [2.05, 4.69) is 0 Å². The Hall–Kier alpha value is -1.97. The van der Waals surface area contributed by atoms with Crippen molar-refractivity contribution in [1.29, 1.82) is 0 Å². The first-order valence-electron chi connectivity index (χ1n) is 5.34. The topological polar surface area (TPSA) is 26.3 Å². The van der Waals surface area contributed by atoms with Gasteiger partial charge < -0.3 is 4.74 Å². The molecule has 0 atom stereocenters. The molecule has 0 aliphatic heterocycles. The highest BCUT2D eigenvalue weighted by Gasteiger charge is 2.11. The van der Waals surface area contributed by atoms with Gasteiger partial charge in [0.2, 0.25) is 0 Å². The number of halogens is 2. The summed E-state index contributed by atoms with van der Waals surface area (Å²) in [6.45, 7) is 3.07. The SMILES string of the molecule is COC=C(C)C(=O)C(C)=Cc1c(F)cccc1F. The third kappa shape index (κ3) is 3.26. The lowest BCUT2D eigenvalue weighted by Crippen LogP contribution is -2.02. The second-order valence-electron chi connectivity index (χ2n) is 3.83. The van der Waals surface area contributed by atoms with Gasteiger partial charge in [-0.05, 0) is 37.6 Å². The van der Waals surface area contributed by atoms with Crippen LogP contribution >= 0.6 is 0 Å². The fourth-order valence-corrected chi connectivity index (χ4v) is 1.47. The predicted octanol–water partition coefficient (Wildman–Crippen LogP) is 3.49. The van der Waals surface area contributed by atoms with Gasteiger partial charge in [-0.3, -0.25) is 4.79 Å². The fourth-order valence-electron chi connectivity index (χ4n) is 1.47. The number of rotatable bonds is 4. The third-order valence-electron chi connectivity index (χ3n) is 2.37. The van der Waals surface area contributed by atoms with Crippen LogP contribution in [0.4, 0.5) is 8.78 Å². The zero-order valence-electron chi connectivity index (χ0n) is 10.5. The van der Waals surface area contributed by atoms with Gasteiger partial charge in [-0.1, -0.05) is 6.07 Å². The lowest BCUT2D eigenvalue weighted by Gasteiger charge is -2.03. The molecular formula is C14H14F2O2. The Morgan fingerprint density at radius 2 is 1.72 bits per heavy atom. The summed E-state index contributed by atoms with van der Waals surface area (Å²) in [5.74, 6) is -1.72. The number of allylic oxidation sites excluding steroid dienone is 2. The molecule has 0 fully saturated rings. The average Bonchev–Trinajstić information content (AvgIpc) is 2.33. The minimum absolute atomic E-state index is 0.214. The molecule has 1 aromatic carbocycles. The number of carbonyl (C=O) groups excluding carboxylic acids is 1. The molecule has 1 rings (SSSR count). The van der Waals surface area contributed by atoms with Crippen molar-refractivity contribution in [3.8, 4) is 0 Å². The Morgan fingerprint density at radius 3 is 2.22 bits per heavy atom.